The normalized spacial score (nSPS) is 11.7. The first kappa shape index (κ1) is 20.7. The van der Waals surface area contributed by atoms with Gasteiger partial charge in [0, 0.05) is 10.7 Å². The van der Waals surface area contributed by atoms with Crippen molar-refractivity contribution in [1.29, 1.82) is 0 Å². The molecular weight excluding hydrogens is 368 g/mol. The number of carbonyl (C=O) groups excluding carboxylic acids is 2. The van der Waals surface area contributed by atoms with Gasteiger partial charge in [-0.05, 0) is 35.7 Å². The van der Waals surface area contributed by atoms with Gasteiger partial charge in [-0.3, -0.25) is 9.63 Å². The molecule has 144 valence electrons. The van der Waals surface area contributed by atoms with E-state index in [0.29, 0.717) is 10.7 Å². The lowest BCUT2D eigenvalue weighted by Gasteiger charge is -2.20. The Morgan fingerprint density at radius 3 is 2.33 bits per heavy atom. The predicted octanol–water partition coefficient (Wildman–Crippen LogP) is 4.55. The van der Waals surface area contributed by atoms with E-state index >= 15 is 0 Å². The van der Waals surface area contributed by atoms with Crippen molar-refractivity contribution in [2.75, 3.05) is 5.32 Å². The maximum atomic E-state index is 12.2. The van der Waals surface area contributed by atoms with Gasteiger partial charge in [0.05, 0.1) is 12.5 Å². The number of amides is 2. The fraction of sp³-hybridized carbons (Fsp3) is 0.300. The summed E-state index contributed by atoms with van der Waals surface area (Å²) in [6, 6.07) is 16.1. The zero-order valence-electron chi connectivity index (χ0n) is 15.3. The van der Waals surface area contributed by atoms with Crippen LogP contribution in [0, 0.1) is 5.92 Å². The van der Waals surface area contributed by atoms with Crippen molar-refractivity contribution in [1.82, 2.24) is 5.48 Å². The number of ether oxygens (including phenoxy) is 1. The van der Waals surface area contributed by atoms with Gasteiger partial charge in [-0.25, -0.2) is 4.79 Å². The highest BCUT2D eigenvalue weighted by Crippen LogP contribution is 2.15. The molecule has 0 heterocycles. The Morgan fingerprint density at radius 1 is 1.04 bits per heavy atom. The molecular formula is C20H23ClN2O4. The maximum Gasteiger partial charge on any atom is 0.431 e. The molecule has 0 bridgehead atoms. The molecule has 0 aliphatic carbocycles. The average Bonchev–Trinajstić information content (AvgIpc) is 2.66. The fourth-order valence-corrected chi connectivity index (χ4v) is 2.34. The molecule has 0 aliphatic heterocycles. The third kappa shape index (κ3) is 7.68. The number of rotatable bonds is 8. The second-order valence-corrected chi connectivity index (χ2v) is 6.76. The van der Waals surface area contributed by atoms with Gasteiger partial charge in [0.2, 0.25) is 5.91 Å². The summed E-state index contributed by atoms with van der Waals surface area (Å²) in [6.07, 6.45) is -1.12. The summed E-state index contributed by atoms with van der Waals surface area (Å²) < 4.78 is 5.08. The van der Waals surface area contributed by atoms with Crippen molar-refractivity contribution in [3.8, 4) is 0 Å². The van der Waals surface area contributed by atoms with E-state index in [0.717, 1.165) is 5.56 Å². The lowest BCUT2D eigenvalue weighted by molar-refractivity contribution is -0.122. The number of anilines is 1. The van der Waals surface area contributed by atoms with Gasteiger partial charge < -0.3 is 10.1 Å². The van der Waals surface area contributed by atoms with E-state index in [1.165, 1.54) is 0 Å². The number of carbonyl (C=O) groups is 2. The topological polar surface area (TPSA) is 76.7 Å². The second-order valence-electron chi connectivity index (χ2n) is 6.32. The molecule has 7 heteroatoms. The maximum absolute atomic E-state index is 12.2. The third-order valence-corrected chi connectivity index (χ3v) is 4.02. The Morgan fingerprint density at radius 2 is 1.70 bits per heavy atom. The first-order chi connectivity index (χ1) is 12.9. The lowest BCUT2D eigenvalue weighted by Crippen LogP contribution is -2.35. The van der Waals surface area contributed by atoms with Crippen LogP contribution in [0.5, 0.6) is 0 Å². The average molecular weight is 391 g/mol. The van der Waals surface area contributed by atoms with Crippen molar-refractivity contribution in [2.45, 2.75) is 33.0 Å². The van der Waals surface area contributed by atoms with Crippen LogP contribution in [0.1, 0.15) is 25.8 Å². The van der Waals surface area contributed by atoms with E-state index in [4.69, 9.17) is 21.2 Å². The third-order valence-electron chi connectivity index (χ3n) is 3.76. The zero-order valence-corrected chi connectivity index (χ0v) is 16.0. The Labute approximate surface area is 163 Å². The van der Waals surface area contributed by atoms with E-state index in [-0.39, 0.29) is 24.9 Å². The second kappa shape index (κ2) is 10.5. The molecule has 2 rings (SSSR count). The van der Waals surface area contributed by atoms with E-state index < -0.39 is 12.2 Å². The molecule has 1 atom stereocenters. The van der Waals surface area contributed by atoms with Gasteiger partial charge in [-0.2, -0.15) is 5.48 Å². The monoisotopic (exact) mass is 390 g/mol. The smallest absolute Gasteiger partial charge is 0.431 e. The summed E-state index contributed by atoms with van der Waals surface area (Å²) in [5, 5.41) is 3.36. The van der Waals surface area contributed by atoms with Crippen LogP contribution < -0.4 is 10.8 Å². The van der Waals surface area contributed by atoms with E-state index in [2.05, 4.69) is 10.8 Å². The van der Waals surface area contributed by atoms with Gasteiger partial charge in [-0.1, -0.05) is 55.8 Å². The molecule has 6 nitrogen and oxygen atoms in total. The number of hydrogen-bond donors (Lipinski definition) is 2. The van der Waals surface area contributed by atoms with Crippen LogP contribution in [-0.2, 0) is 21.0 Å². The summed E-state index contributed by atoms with van der Waals surface area (Å²) >= 11 is 5.83. The number of nitrogens with one attached hydrogen (secondary N) is 2. The van der Waals surface area contributed by atoms with Gasteiger partial charge in [0.15, 0.2) is 0 Å². The van der Waals surface area contributed by atoms with Gasteiger partial charge in [0.1, 0.15) is 6.61 Å². The minimum Gasteiger partial charge on any atom is -0.443 e. The van der Waals surface area contributed by atoms with Crippen LogP contribution in [-0.4, -0.2) is 18.1 Å². The van der Waals surface area contributed by atoms with Crippen molar-refractivity contribution in [3.05, 3.63) is 65.2 Å². The SMILES string of the molecule is CC(C)[C@@H](CC(=O)Nc1ccc(Cl)cc1)ONC(=O)OCc1ccccc1. The Bertz CT molecular complexity index is 735. The summed E-state index contributed by atoms with van der Waals surface area (Å²) in [5.41, 5.74) is 3.76. The van der Waals surface area contributed by atoms with Crippen LogP contribution in [0.25, 0.3) is 0 Å². The van der Waals surface area contributed by atoms with Gasteiger partial charge in [-0.15, -0.1) is 0 Å². The largest absolute Gasteiger partial charge is 0.443 e. The highest BCUT2D eigenvalue weighted by molar-refractivity contribution is 6.30. The molecule has 0 aliphatic rings. The molecule has 0 unspecified atom stereocenters. The molecule has 0 saturated heterocycles. The van der Waals surface area contributed by atoms with Crippen molar-refractivity contribution in [2.24, 2.45) is 5.92 Å². The lowest BCUT2D eigenvalue weighted by atomic mass is 10.0. The first-order valence-electron chi connectivity index (χ1n) is 8.62. The van der Waals surface area contributed by atoms with Crippen LogP contribution in [0.2, 0.25) is 5.02 Å². The number of hydrogen-bond acceptors (Lipinski definition) is 4. The molecule has 2 aromatic carbocycles. The van der Waals surface area contributed by atoms with E-state index in [1.54, 1.807) is 24.3 Å². The van der Waals surface area contributed by atoms with Gasteiger partial charge in [0.25, 0.3) is 0 Å². The van der Waals surface area contributed by atoms with Crippen molar-refractivity contribution < 1.29 is 19.2 Å². The molecule has 2 aromatic rings. The van der Waals surface area contributed by atoms with Crippen molar-refractivity contribution >= 4 is 29.3 Å². The van der Waals surface area contributed by atoms with E-state index in [1.807, 2.05) is 44.2 Å². The number of halogens is 1. The number of hydroxylamine groups is 1. The van der Waals surface area contributed by atoms with Crippen LogP contribution >= 0.6 is 11.6 Å². The van der Waals surface area contributed by atoms with Gasteiger partial charge >= 0.3 is 6.09 Å². The molecule has 27 heavy (non-hydrogen) atoms. The Kier molecular flexibility index (Phi) is 8.10. The molecule has 0 aromatic heterocycles. The fourth-order valence-electron chi connectivity index (χ4n) is 2.22. The highest BCUT2D eigenvalue weighted by Gasteiger charge is 2.20. The zero-order chi connectivity index (χ0) is 19.6. The molecule has 0 saturated carbocycles. The first-order valence-corrected chi connectivity index (χ1v) is 8.99. The summed E-state index contributed by atoms with van der Waals surface area (Å²) in [6.45, 7) is 3.94. The molecule has 2 amide bonds. The van der Waals surface area contributed by atoms with Crippen molar-refractivity contribution in [3.63, 3.8) is 0 Å². The van der Waals surface area contributed by atoms with Crippen LogP contribution in [0.15, 0.2) is 54.6 Å². The minimum atomic E-state index is -0.706. The molecule has 0 spiro atoms. The Balaban J connectivity index is 1.77. The highest BCUT2D eigenvalue weighted by atomic mass is 35.5. The summed E-state index contributed by atoms with van der Waals surface area (Å²) in [7, 11) is 0. The minimum absolute atomic E-state index is 0.00962. The molecule has 0 fully saturated rings. The standard InChI is InChI=1S/C20H23ClN2O4/c1-14(2)18(12-19(24)22-17-10-8-16(21)9-11-17)27-23-20(25)26-13-15-6-4-3-5-7-15/h3-11,14,18H,12-13H2,1-2H3,(H,22,24)(H,23,25)/t18-/m1/s1. The number of benzene rings is 2. The molecule has 2 N–H and O–H groups in total. The predicted molar refractivity (Wildman–Crippen MR) is 104 cm³/mol. The quantitative estimate of drug-likeness (QED) is 0.648. The van der Waals surface area contributed by atoms with E-state index in [9.17, 15) is 9.59 Å². The summed E-state index contributed by atoms with van der Waals surface area (Å²) in [4.78, 5) is 29.4. The summed E-state index contributed by atoms with van der Waals surface area (Å²) in [5.74, 6) is -0.217. The molecule has 0 radical (unpaired) electrons. The van der Waals surface area contributed by atoms with Crippen LogP contribution in [0.4, 0.5) is 10.5 Å². The van der Waals surface area contributed by atoms with Crippen LogP contribution in [0.3, 0.4) is 0 Å². The Hall–Kier alpha value is -2.57.